The van der Waals surface area contributed by atoms with Crippen LogP contribution in [-0.4, -0.2) is 65.7 Å². The summed E-state index contributed by atoms with van der Waals surface area (Å²) in [6.45, 7) is 10.4. The van der Waals surface area contributed by atoms with Crippen LogP contribution in [0.1, 0.15) is 83.6 Å². The highest BCUT2D eigenvalue weighted by Crippen LogP contribution is 2.43. The van der Waals surface area contributed by atoms with Gasteiger partial charge in [0, 0.05) is 12.0 Å². The van der Waals surface area contributed by atoms with Crippen LogP contribution in [0.2, 0.25) is 0 Å². The molecule has 2 fully saturated rings. The molecule has 0 radical (unpaired) electrons. The summed E-state index contributed by atoms with van der Waals surface area (Å²) in [7, 11) is 0. The number of ether oxygens (including phenoxy) is 2. The van der Waals surface area contributed by atoms with E-state index in [1.165, 1.54) is 11.2 Å². The number of fused-ring (bicyclic) bond motifs is 3. The number of imide groups is 2. The minimum atomic E-state index is -0.902. The van der Waals surface area contributed by atoms with Gasteiger partial charge in [-0.1, -0.05) is 18.2 Å². The summed E-state index contributed by atoms with van der Waals surface area (Å²) in [6.07, 6.45) is 3.63. The van der Waals surface area contributed by atoms with Crippen molar-refractivity contribution in [1.29, 1.82) is 0 Å². The van der Waals surface area contributed by atoms with E-state index >= 15 is 0 Å². The Labute approximate surface area is 244 Å². The number of imidazole rings is 1. The molecule has 4 amide bonds. The lowest BCUT2D eigenvalue weighted by Gasteiger charge is -2.46. The maximum Gasteiger partial charge on any atom is 0.423 e. The van der Waals surface area contributed by atoms with Crippen LogP contribution in [0.25, 0.3) is 11.2 Å². The number of rotatable bonds is 3. The fraction of sp³-hybridized carbons (Fsp3) is 0.500. The zero-order valence-corrected chi connectivity index (χ0v) is 24.7. The van der Waals surface area contributed by atoms with Crippen molar-refractivity contribution in [3.8, 4) is 0 Å². The third-order valence-corrected chi connectivity index (χ3v) is 7.25. The van der Waals surface area contributed by atoms with Crippen molar-refractivity contribution in [2.24, 2.45) is 5.92 Å². The van der Waals surface area contributed by atoms with Gasteiger partial charge in [0.15, 0.2) is 17.0 Å². The molecule has 2 bridgehead atoms. The second-order valence-corrected chi connectivity index (χ2v) is 12.8. The summed E-state index contributed by atoms with van der Waals surface area (Å²) in [5.41, 5.74) is -0.810. The van der Waals surface area contributed by atoms with E-state index in [0.717, 1.165) is 11.3 Å². The van der Waals surface area contributed by atoms with Crippen molar-refractivity contribution < 1.29 is 28.7 Å². The van der Waals surface area contributed by atoms with Gasteiger partial charge in [-0.2, -0.15) is 4.90 Å². The van der Waals surface area contributed by atoms with Crippen LogP contribution in [0.4, 0.5) is 15.4 Å². The van der Waals surface area contributed by atoms with Gasteiger partial charge in [0.25, 0.3) is 5.91 Å². The first-order chi connectivity index (χ1) is 19.7. The summed E-state index contributed by atoms with van der Waals surface area (Å²) in [4.78, 5) is 68.8. The molecule has 0 N–H and O–H groups in total. The van der Waals surface area contributed by atoms with E-state index < -0.39 is 35.3 Å². The molecule has 1 saturated heterocycles. The third kappa shape index (κ3) is 5.83. The number of anilines is 1. The van der Waals surface area contributed by atoms with Gasteiger partial charge in [-0.3, -0.25) is 9.59 Å². The van der Waals surface area contributed by atoms with Crippen molar-refractivity contribution in [3.63, 3.8) is 0 Å². The average molecular weight is 577 g/mol. The Morgan fingerprint density at radius 1 is 0.905 bits per heavy atom. The third-order valence-electron chi connectivity index (χ3n) is 7.25. The van der Waals surface area contributed by atoms with Gasteiger partial charge in [-0.15, -0.1) is 0 Å². The Bertz CT molecular complexity index is 1520. The Hall–Kier alpha value is -4.35. The predicted octanol–water partition coefficient (Wildman–Crippen LogP) is 5.29. The molecule has 42 heavy (non-hydrogen) atoms. The van der Waals surface area contributed by atoms with E-state index in [9.17, 15) is 19.2 Å². The molecule has 3 heterocycles. The number of aromatic nitrogens is 4. The van der Waals surface area contributed by atoms with Crippen LogP contribution in [0, 0.1) is 5.92 Å². The number of benzene rings is 1. The number of nitrogens with zero attached hydrogens (tertiary/aromatic N) is 6. The van der Waals surface area contributed by atoms with E-state index in [1.807, 2.05) is 0 Å². The summed E-state index contributed by atoms with van der Waals surface area (Å²) in [5.74, 6) is -0.754. The van der Waals surface area contributed by atoms with Gasteiger partial charge >= 0.3 is 12.2 Å². The lowest BCUT2D eigenvalue weighted by molar-refractivity contribution is -0.140. The van der Waals surface area contributed by atoms with E-state index in [0.29, 0.717) is 24.9 Å². The van der Waals surface area contributed by atoms with Crippen molar-refractivity contribution in [2.45, 2.75) is 90.5 Å². The Balaban J connectivity index is 1.56. The molecule has 1 aliphatic heterocycles. The molecule has 2 aromatic heterocycles. The molecule has 1 saturated carbocycles. The highest BCUT2D eigenvalue weighted by atomic mass is 16.6. The maximum atomic E-state index is 13.7. The molecule has 1 aliphatic carbocycles. The number of carbonyl (C=O) groups is 4. The molecule has 5 rings (SSSR count). The van der Waals surface area contributed by atoms with Crippen molar-refractivity contribution in [1.82, 2.24) is 24.4 Å². The van der Waals surface area contributed by atoms with Gasteiger partial charge in [0.1, 0.15) is 17.5 Å². The van der Waals surface area contributed by atoms with Crippen molar-refractivity contribution >= 4 is 41.0 Å². The minimum Gasteiger partial charge on any atom is -0.443 e. The van der Waals surface area contributed by atoms with Crippen LogP contribution in [-0.2, 0) is 14.3 Å². The molecular formula is C30H36N6O6. The first-order valence-electron chi connectivity index (χ1n) is 14.1. The Morgan fingerprint density at radius 3 is 2.26 bits per heavy atom. The zero-order chi connectivity index (χ0) is 30.4. The van der Waals surface area contributed by atoms with Crippen LogP contribution in [0.5, 0.6) is 0 Å². The molecule has 222 valence electrons. The molecule has 0 unspecified atom stereocenters. The molecule has 1 aromatic carbocycles. The SMILES string of the molecule is CC(C)(C)OC(=O)N(C(=O)c1ccccc1)c1ncnc2c1ncn2[C@@H]1CC[C@H]2CC(=O)N(C(=O)OC(C)(C)C)[C@@H]1C2. The normalized spacial score (nSPS) is 20.8. The first kappa shape index (κ1) is 29.2. The van der Waals surface area contributed by atoms with E-state index in [-0.39, 0.29) is 34.8 Å². The molecule has 3 aromatic rings. The zero-order valence-electron chi connectivity index (χ0n) is 24.7. The quantitative estimate of drug-likeness (QED) is 0.407. The summed E-state index contributed by atoms with van der Waals surface area (Å²) in [5, 5.41) is 0. The highest BCUT2D eigenvalue weighted by Gasteiger charge is 2.47. The first-order valence-corrected chi connectivity index (χ1v) is 14.1. The maximum absolute atomic E-state index is 13.7. The van der Waals surface area contributed by atoms with Crippen LogP contribution < -0.4 is 4.90 Å². The lowest BCUT2D eigenvalue weighted by atomic mass is 9.76. The minimum absolute atomic E-state index is 0.0285. The molecule has 12 heteroatoms. The van der Waals surface area contributed by atoms with Crippen LogP contribution in [0.3, 0.4) is 0 Å². The van der Waals surface area contributed by atoms with Gasteiger partial charge in [-0.05, 0) is 78.9 Å². The standard InChI is InChI=1S/C30H36N6O6/c1-29(2,3)41-27(39)35-21-14-18(15-22(35)37)12-13-20(21)34-17-33-23-24(34)31-16-32-25(23)36(28(40)42-30(4,5)6)26(38)19-10-8-7-9-11-19/h7-11,16-18,20-21H,12-15H2,1-6H3/t18-,20-,21-/m1/s1. The van der Waals surface area contributed by atoms with E-state index in [1.54, 1.807) is 82.8 Å². The fourth-order valence-electron chi connectivity index (χ4n) is 5.61. The number of carbonyl (C=O) groups excluding carboxylic acids is 4. The number of likely N-dealkylation sites (tertiary alicyclic amines) is 1. The van der Waals surface area contributed by atoms with Crippen LogP contribution in [0.15, 0.2) is 43.0 Å². The predicted molar refractivity (Wildman–Crippen MR) is 153 cm³/mol. The van der Waals surface area contributed by atoms with E-state index in [4.69, 9.17) is 9.47 Å². The van der Waals surface area contributed by atoms with Crippen molar-refractivity contribution in [2.75, 3.05) is 4.90 Å². The molecular weight excluding hydrogens is 540 g/mol. The van der Waals surface area contributed by atoms with Gasteiger partial charge in [-0.25, -0.2) is 29.4 Å². The molecule has 3 atom stereocenters. The summed E-state index contributed by atoms with van der Waals surface area (Å²) >= 11 is 0. The summed E-state index contributed by atoms with van der Waals surface area (Å²) < 4.78 is 13.0. The largest absolute Gasteiger partial charge is 0.443 e. The van der Waals surface area contributed by atoms with Gasteiger partial charge < -0.3 is 14.0 Å². The Morgan fingerprint density at radius 2 is 1.60 bits per heavy atom. The summed E-state index contributed by atoms with van der Waals surface area (Å²) in [6, 6.07) is 7.55. The number of hydrogen-bond donors (Lipinski definition) is 0. The molecule has 0 spiro atoms. The smallest absolute Gasteiger partial charge is 0.423 e. The van der Waals surface area contributed by atoms with Gasteiger partial charge in [0.05, 0.1) is 18.4 Å². The van der Waals surface area contributed by atoms with Crippen molar-refractivity contribution in [3.05, 3.63) is 48.5 Å². The number of hydrogen-bond acceptors (Lipinski definition) is 9. The average Bonchev–Trinajstić information content (AvgIpc) is 3.32. The molecule has 12 nitrogen and oxygen atoms in total. The van der Waals surface area contributed by atoms with E-state index in [2.05, 4.69) is 15.0 Å². The second-order valence-electron chi connectivity index (χ2n) is 12.8. The second kappa shape index (κ2) is 10.8. The number of piperidine rings is 1. The van der Waals surface area contributed by atoms with Crippen LogP contribution >= 0.6 is 0 Å². The van der Waals surface area contributed by atoms with Gasteiger partial charge in [0.2, 0.25) is 5.91 Å². The Kier molecular flexibility index (Phi) is 7.50. The monoisotopic (exact) mass is 576 g/mol. The number of amides is 4. The molecule has 2 aliphatic rings. The highest BCUT2D eigenvalue weighted by molar-refractivity contribution is 6.21. The fourth-order valence-corrected chi connectivity index (χ4v) is 5.61. The lowest BCUT2D eigenvalue weighted by Crippen LogP contribution is -2.56. The topological polar surface area (TPSA) is 137 Å².